The van der Waals surface area contributed by atoms with Crippen LogP contribution in [-0.2, 0) is 11.2 Å². The lowest BCUT2D eigenvalue weighted by atomic mass is 10.0. The number of methoxy groups -OCH3 is 2. The van der Waals surface area contributed by atoms with Crippen molar-refractivity contribution < 1.29 is 19.0 Å². The van der Waals surface area contributed by atoms with Gasteiger partial charge in [-0.1, -0.05) is 0 Å². The second-order valence-electron chi connectivity index (χ2n) is 6.58. The molecule has 1 aliphatic heterocycles. The van der Waals surface area contributed by atoms with E-state index in [1.807, 2.05) is 33.0 Å². The average Bonchev–Trinajstić information content (AvgIpc) is 2.90. The summed E-state index contributed by atoms with van der Waals surface area (Å²) < 4.78 is 16.4. The van der Waals surface area contributed by atoms with Crippen molar-refractivity contribution in [2.45, 2.75) is 32.8 Å². The standard InChI is InChI=1S/C17H22N2O4/c1-17(2,3)23-16(20)19-7-6-10-9-18-14-13(10)11(19)8-12(21-4)15(14)22-5/h8-9,18H,6-7H2,1-5H3. The number of benzene rings is 1. The molecular formula is C17H22N2O4. The number of hydrogen-bond donors (Lipinski definition) is 1. The number of nitrogens with one attached hydrogen (secondary N) is 1. The molecule has 6 nitrogen and oxygen atoms in total. The van der Waals surface area contributed by atoms with Crippen LogP contribution in [0.5, 0.6) is 11.5 Å². The summed E-state index contributed by atoms with van der Waals surface area (Å²) in [5.74, 6) is 1.22. The Balaban J connectivity index is 2.14. The Morgan fingerprint density at radius 2 is 2.00 bits per heavy atom. The smallest absolute Gasteiger partial charge is 0.414 e. The van der Waals surface area contributed by atoms with E-state index in [0.29, 0.717) is 18.0 Å². The second kappa shape index (κ2) is 5.37. The number of carbonyl (C=O) groups is 1. The van der Waals surface area contributed by atoms with Gasteiger partial charge in [0.05, 0.1) is 25.4 Å². The number of amides is 1. The Morgan fingerprint density at radius 1 is 1.26 bits per heavy atom. The van der Waals surface area contributed by atoms with Crippen LogP contribution < -0.4 is 14.4 Å². The highest BCUT2D eigenvalue weighted by Crippen LogP contribution is 2.44. The quantitative estimate of drug-likeness (QED) is 0.920. The van der Waals surface area contributed by atoms with Gasteiger partial charge in [0.25, 0.3) is 0 Å². The molecule has 0 saturated carbocycles. The molecule has 3 rings (SSSR count). The van der Waals surface area contributed by atoms with Gasteiger partial charge >= 0.3 is 6.09 Å². The van der Waals surface area contributed by atoms with E-state index in [4.69, 9.17) is 14.2 Å². The first kappa shape index (κ1) is 15.5. The summed E-state index contributed by atoms with van der Waals surface area (Å²) >= 11 is 0. The molecule has 0 spiro atoms. The molecule has 124 valence electrons. The third-order valence-electron chi connectivity index (χ3n) is 3.87. The molecule has 0 radical (unpaired) electrons. The third-order valence-corrected chi connectivity index (χ3v) is 3.87. The maximum Gasteiger partial charge on any atom is 0.414 e. The van der Waals surface area contributed by atoms with Crippen LogP contribution in [0.15, 0.2) is 12.3 Å². The number of aromatic nitrogens is 1. The first-order chi connectivity index (χ1) is 10.9. The van der Waals surface area contributed by atoms with Gasteiger partial charge < -0.3 is 19.2 Å². The van der Waals surface area contributed by atoms with E-state index in [1.54, 1.807) is 19.1 Å². The van der Waals surface area contributed by atoms with E-state index in [-0.39, 0.29) is 6.09 Å². The van der Waals surface area contributed by atoms with Gasteiger partial charge in [0.2, 0.25) is 0 Å². The van der Waals surface area contributed by atoms with Gasteiger partial charge in [-0.3, -0.25) is 4.90 Å². The number of ether oxygens (including phenoxy) is 3. The molecule has 0 unspecified atom stereocenters. The van der Waals surface area contributed by atoms with Crippen LogP contribution in [0.1, 0.15) is 26.3 Å². The van der Waals surface area contributed by atoms with Gasteiger partial charge in [0, 0.05) is 24.2 Å². The van der Waals surface area contributed by atoms with Gasteiger partial charge in [-0.15, -0.1) is 0 Å². The van der Waals surface area contributed by atoms with Crippen molar-refractivity contribution in [3.05, 3.63) is 17.8 Å². The first-order valence-corrected chi connectivity index (χ1v) is 7.61. The zero-order valence-corrected chi connectivity index (χ0v) is 14.1. The van der Waals surface area contributed by atoms with Crippen molar-refractivity contribution in [3.63, 3.8) is 0 Å². The molecule has 6 heteroatoms. The van der Waals surface area contributed by atoms with E-state index in [0.717, 1.165) is 28.6 Å². The lowest BCUT2D eigenvalue weighted by molar-refractivity contribution is 0.0580. The summed E-state index contributed by atoms with van der Waals surface area (Å²) in [5, 5.41) is 0.986. The minimum atomic E-state index is -0.537. The minimum absolute atomic E-state index is 0.349. The zero-order valence-electron chi connectivity index (χ0n) is 14.1. The van der Waals surface area contributed by atoms with Crippen molar-refractivity contribution >= 4 is 22.7 Å². The Labute approximate surface area is 135 Å². The van der Waals surface area contributed by atoms with Crippen LogP contribution in [0.2, 0.25) is 0 Å². The van der Waals surface area contributed by atoms with Crippen LogP contribution in [0, 0.1) is 0 Å². The number of H-pyrrole nitrogens is 1. The predicted octanol–water partition coefficient (Wildman–Crippen LogP) is 3.48. The predicted molar refractivity (Wildman–Crippen MR) is 88.7 cm³/mol. The molecule has 1 aliphatic rings. The molecule has 2 aromatic rings. The highest BCUT2D eigenvalue weighted by molar-refractivity contribution is 6.07. The van der Waals surface area contributed by atoms with Crippen LogP contribution in [0.25, 0.3) is 10.9 Å². The maximum atomic E-state index is 12.6. The summed E-state index contributed by atoms with van der Waals surface area (Å²) in [6.07, 6.45) is 2.38. The van der Waals surface area contributed by atoms with Crippen molar-refractivity contribution in [1.29, 1.82) is 0 Å². The van der Waals surface area contributed by atoms with Crippen LogP contribution >= 0.6 is 0 Å². The molecule has 0 aliphatic carbocycles. The maximum absolute atomic E-state index is 12.6. The van der Waals surface area contributed by atoms with E-state index in [9.17, 15) is 4.79 Å². The first-order valence-electron chi connectivity index (χ1n) is 7.61. The van der Waals surface area contributed by atoms with Crippen molar-refractivity contribution in [2.24, 2.45) is 0 Å². The highest BCUT2D eigenvalue weighted by Gasteiger charge is 2.31. The number of nitrogens with zero attached hydrogens (tertiary/aromatic N) is 1. The fourth-order valence-corrected chi connectivity index (χ4v) is 2.94. The number of aromatic amines is 1. The monoisotopic (exact) mass is 318 g/mol. The molecule has 1 aromatic carbocycles. The topological polar surface area (TPSA) is 63.8 Å². The number of carbonyl (C=O) groups excluding carboxylic acids is 1. The normalized spacial score (nSPS) is 14.0. The van der Waals surface area contributed by atoms with E-state index in [1.165, 1.54) is 0 Å². The molecule has 1 amide bonds. The Hall–Kier alpha value is -2.37. The Morgan fingerprint density at radius 3 is 2.61 bits per heavy atom. The fraction of sp³-hybridized carbons (Fsp3) is 0.471. The van der Waals surface area contributed by atoms with Crippen molar-refractivity contribution in [1.82, 2.24) is 4.98 Å². The summed E-state index contributed by atoms with van der Waals surface area (Å²) in [5.41, 5.74) is 2.25. The highest BCUT2D eigenvalue weighted by atomic mass is 16.6. The van der Waals surface area contributed by atoms with Crippen molar-refractivity contribution in [3.8, 4) is 11.5 Å². The molecule has 1 aromatic heterocycles. The lowest BCUT2D eigenvalue weighted by Crippen LogP contribution is -2.39. The van der Waals surface area contributed by atoms with E-state index >= 15 is 0 Å². The van der Waals surface area contributed by atoms with Gasteiger partial charge in [-0.25, -0.2) is 4.79 Å². The largest absolute Gasteiger partial charge is 0.493 e. The summed E-state index contributed by atoms with van der Waals surface area (Å²) in [4.78, 5) is 17.5. The fourth-order valence-electron chi connectivity index (χ4n) is 2.94. The summed E-state index contributed by atoms with van der Waals surface area (Å²) in [6, 6.07) is 1.83. The molecule has 0 bridgehead atoms. The molecule has 0 atom stereocenters. The molecule has 1 N–H and O–H groups in total. The summed E-state index contributed by atoms with van der Waals surface area (Å²) in [7, 11) is 3.19. The molecule has 0 fully saturated rings. The summed E-state index contributed by atoms with van der Waals surface area (Å²) in [6.45, 7) is 6.16. The van der Waals surface area contributed by atoms with Crippen LogP contribution in [0.3, 0.4) is 0 Å². The SMILES string of the molecule is COc1cc2c3c(c[nH]c3c1OC)CCN2C(=O)OC(C)(C)C. The lowest BCUT2D eigenvalue weighted by Gasteiger charge is -2.31. The van der Waals surface area contributed by atoms with Crippen LogP contribution in [-0.4, -0.2) is 37.4 Å². The molecule has 2 heterocycles. The molecular weight excluding hydrogens is 296 g/mol. The molecule has 0 saturated heterocycles. The number of rotatable bonds is 2. The van der Waals surface area contributed by atoms with Gasteiger partial charge in [0.15, 0.2) is 11.5 Å². The molecule has 23 heavy (non-hydrogen) atoms. The number of anilines is 1. The minimum Gasteiger partial charge on any atom is -0.493 e. The average molecular weight is 318 g/mol. The van der Waals surface area contributed by atoms with E-state index in [2.05, 4.69) is 4.98 Å². The van der Waals surface area contributed by atoms with E-state index < -0.39 is 5.60 Å². The van der Waals surface area contributed by atoms with Gasteiger partial charge in [-0.2, -0.15) is 0 Å². The Kier molecular flexibility index (Phi) is 3.62. The van der Waals surface area contributed by atoms with Gasteiger partial charge in [-0.05, 0) is 32.8 Å². The zero-order chi connectivity index (χ0) is 16.8. The second-order valence-corrected chi connectivity index (χ2v) is 6.58. The Bertz CT molecular complexity index is 758. The van der Waals surface area contributed by atoms with Gasteiger partial charge in [0.1, 0.15) is 5.60 Å². The third kappa shape index (κ3) is 2.58. The number of hydrogen-bond acceptors (Lipinski definition) is 4. The van der Waals surface area contributed by atoms with Crippen LogP contribution in [0.4, 0.5) is 10.5 Å². The van der Waals surface area contributed by atoms with Crippen molar-refractivity contribution in [2.75, 3.05) is 25.7 Å².